The highest BCUT2D eigenvalue weighted by molar-refractivity contribution is 6.32. The van der Waals surface area contributed by atoms with Crippen LogP contribution in [0.3, 0.4) is 0 Å². The Labute approximate surface area is 125 Å². The van der Waals surface area contributed by atoms with Gasteiger partial charge in [0.15, 0.2) is 0 Å². The van der Waals surface area contributed by atoms with E-state index in [-0.39, 0.29) is 23.1 Å². The summed E-state index contributed by atoms with van der Waals surface area (Å²) in [5.41, 5.74) is 6.05. The number of carbonyl (C=O) groups excluding carboxylic acids is 1. The topological polar surface area (TPSA) is 95.5 Å². The third-order valence-corrected chi connectivity index (χ3v) is 3.10. The van der Waals surface area contributed by atoms with Crippen molar-refractivity contribution in [2.24, 2.45) is 5.73 Å². The van der Waals surface area contributed by atoms with E-state index in [1.54, 1.807) is 24.3 Å². The fourth-order valence-electron chi connectivity index (χ4n) is 1.76. The van der Waals surface area contributed by atoms with Crippen LogP contribution in [0.4, 0.5) is 5.69 Å². The SMILES string of the molecule is NC(=O)c1ccccc1COc1cc([N+](=O)[O-])ccc1Cl. The fourth-order valence-corrected chi connectivity index (χ4v) is 1.93. The highest BCUT2D eigenvalue weighted by atomic mass is 35.5. The molecular formula is C14H11ClN2O4. The van der Waals surface area contributed by atoms with Gasteiger partial charge in [-0.15, -0.1) is 0 Å². The van der Waals surface area contributed by atoms with E-state index >= 15 is 0 Å². The Bertz CT molecular complexity index is 703. The Morgan fingerprint density at radius 2 is 2.00 bits per heavy atom. The first-order valence-corrected chi connectivity index (χ1v) is 6.31. The molecule has 7 heteroatoms. The fraction of sp³-hybridized carbons (Fsp3) is 0.0714. The second-order valence-electron chi connectivity index (χ2n) is 4.18. The molecule has 2 aromatic carbocycles. The van der Waals surface area contributed by atoms with E-state index in [1.807, 2.05) is 0 Å². The molecule has 0 aromatic heterocycles. The van der Waals surface area contributed by atoms with Crippen LogP contribution in [0.25, 0.3) is 0 Å². The van der Waals surface area contributed by atoms with Gasteiger partial charge in [0.1, 0.15) is 12.4 Å². The van der Waals surface area contributed by atoms with Gasteiger partial charge >= 0.3 is 0 Å². The van der Waals surface area contributed by atoms with Gasteiger partial charge in [0.2, 0.25) is 5.91 Å². The van der Waals surface area contributed by atoms with Crippen LogP contribution in [0.1, 0.15) is 15.9 Å². The summed E-state index contributed by atoms with van der Waals surface area (Å²) in [7, 11) is 0. The normalized spacial score (nSPS) is 10.1. The van der Waals surface area contributed by atoms with Crippen LogP contribution in [0.5, 0.6) is 5.75 Å². The quantitative estimate of drug-likeness (QED) is 0.678. The average molecular weight is 307 g/mol. The summed E-state index contributed by atoms with van der Waals surface area (Å²) in [6.45, 7) is 0.0278. The number of ether oxygens (including phenoxy) is 1. The molecule has 0 heterocycles. The third kappa shape index (κ3) is 3.49. The lowest BCUT2D eigenvalue weighted by atomic mass is 10.1. The lowest BCUT2D eigenvalue weighted by Crippen LogP contribution is -2.14. The summed E-state index contributed by atoms with van der Waals surface area (Å²) in [5.74, 6) is -0.399. The Morgan fingerprint density at radius 1 is 1.29 bits per heavy atom. The first-order chi connectivity index (χ1) is 9.99. The zero-order valence-electron chi connectivity index (χ0n) is 10.8. The Morgan fingerprint density at radius 3 is 2.67 bits per heavy atom. The molecule has 6 nitrogen and oxygen atoms in total. The van der Waals surface area contributed by atoms with Gasteiger partial charge in [0.25, 0.3) is 5.69 Å². The largest absolute Gasteiger partial charge is 0.487 e. The molecule has 0 saturated carbocycles. The number of rotatable bonds is 5. The minimum Gasteiger partial charge on any atom is -0.487 e. The van der Waals surface area contributed by atoms with Crippen molar-refractivity contribution in [2.75, 3.05) is 0 Å². The van der Waals surface area contributed by atoms with Gasteiger partial charge in [0, 0.05) is 17.2 Å². The van der Waals surface area contributed by atoms with Gasteiger partial charge in [-0.1, -0.05) is 29.8 Å². The molecule has 0 radical (unpaired) electrons. The first-order valence-electron chi connectivity index (χ1n) is 5.93. The van der Waals surface area contributed by atoms with Crippen LogP contribution >= 0.6 is 11.6 Å². The minimum absolute atomic E-state index is 0.0278. The minimum atomic E-state index is -0.570. The van der Waals surface area contributed by atoms with Crippen LogP contribution in [0.2, 0.25) is 5.02 Å². The van der Waals surface area contributed by atoms with E-state index in [4.69, 9.17) is 22.1 Å². The molecule has 108 valence electrons. The second kappa shape index (κ2) is 6.23. The molecule has 0 bridgehead atoms. The Balaban J connectivity index is 2.22. The van der Waals surface area contributed by atoms with Gasteiger partial charge in [-0.05, 0) is 12.1 Å². The van der Waals surface area contributed by atoms with Crippen LogP contribution in [-0.2, 0) is 6.61 Å². The Kier molecular flexibility index (Phi) is 4.39. The predicted molar refractivity (Wildman–Crippen MR) is 77.4 cm³/mol. The molecule has 0 spiro atoms. The number of halogens is 1. The number of non-ortho nitro benzene ring substituents is 1. The molecule has 2 N–H and O–H groups in total. The highest BCUT2D eigenvalue weighted by Gasteiger charge is 2.12. The summed E-state index contributed by atoms with van der Waals surface area (Å²) in [6.07, 6.45) is 0. The van der Waals surface area contributed by atoms with Crippen molar-refractivity contribution in [2.45, 2.75) is 6.61 Å². The number of benzene rings is 2. The van der Waals surface area contributed by atoms with Crippen LogP contribution in [0.15, 0.2) is 42.5 Å². The zero-order valence-corrected chi connectivity index (χ0v) is 11.5. The molecule has 0 fully saturated rings. The average Bonchev–Trinajstić information content (AvgIpc) is 2.46. The predicted octanol–water partition coefficient (Wildman–Crippen LogP) is 2.93. The number of nitrogens with two attached hydrogens (primary N) is 1. The van der Waals surface area contributed by atoms with Crippen molar-refractivity contribution >= 4 is 23.2 Å². The standard InChI is InChI=1S/C14H11ClN2O4/c15-12-6-5-10(17(19)20)7-13(12)21-8-9-3-1-2-4-11(9)14(16)18/h1-7H,8H2,(H2,16,18). The van der Waals surface area contributed by atoms with E-state index < -0.39 is 10.8 Å². The van der Waals surface area contributed by atoms with Crippen molar-refractivity contribution in [3.05, 3.63) is 68.7 Å². The molecule has 0 aliphatic heterocycles. The number of primary amides is 1. The lowest BCUT2D eigenvalue weighted by Gasteiger charge is -2.10. The number of carbonyl (C=O) groups is 1. The van der Waals surface area contributed by atoms with Gasteiger partial charge in [-0.2, -0.15) is 0 Å². The smallest absolute Gasteiger partial charge is 0.273 e. The summed E-state index contributed by atoms with van der Waals surface area (Å²) < 4.78 is 5.46. The van der Waals surface area contributed by atoms with Gasteiger partial charge in [0.05, 0.1) is 16.0 Å². The molecular weight excluding hydrogens is 296 g/mol. The van der Waals surface area contributed by atoms with Crippen LogP contribution < -0.4 is 10.5 Å². The van der Waals surface area contributed by atoms with E-state index in [9.17, 15) is 14.9 Å². The second-order valence-corrected chi connectivity index (χ2v) is 4.59. The third-order valence-electron chi connectivity index (χ3n) is 2.79. The van der Waals surface area contributed by atoms with E-state index in [1.165, 1.54) is 18.2 Å². The zero-order chi connectivity index (χ0) is 15.4. The summed E-state index contributed by atoms with van der Waals surface area (Å²) in [6, 6.07) is 10.6. The number of hydrogen-bond acceptors (Lipinski definition) is 4. The maximum atomic E-state index is 11.3. The number of hydrogen-bond donors (Lipinski definition) is 1. The van der Waals surface area contributed by atoms with Crippen molar-refractivity contribution in [1.29, 1.82) is 0 Å². The summed E-state index contributed by atoms with van der Waals surface area (Å²) >= 11 is 5.93. The van der Waals surface area contributed by atoms with E-state index in [2.05, 4.69) is 0 Å². The molecule has 0 saturated heterocycles. The van der Waals surface area contributed by atoms with Crippen molar-refractivity contribution < 1.29 is 14.5 Å². The van der Waals surface area contributed by atoms with Crippen molar-refractivity contribution in [1.82, 2.24) is 0 Å². The maximum absolute atomic E-state index is 11.3. The Hall–Kier alpha value is -2.60. The summed E-state index contributed by atoms with van der Waals surface area (Å²) in [5, 5.41) is 11.0. The molecule has 2 aromatic rings. The molecule has 1 amide bonds. The number of amides is 1. The number of nitrogens with zero attached hydrogens (tertiary/aromatic N) is 1. The van der Waals surface area contributed by atoms with Crippen LogP contribution in [-0.4, -0.2) is 10.8 Å². The van der Waals surface area contributed by atoms with Crippen molar-refractivity contribution in [3.63, 3.8) is 0 Å². The van der Waals surface area contributed by atoms with Crippen LogP contribution in [0, 0.1) is 10.1 Å². The van der Waals surface area contributed by atoms with Gasteiger partial charge < -0.3 is 10.5 Å². The van der Waals surface area contributed by atoms with Crippen molar-refractivity contribution in [3.8, 4) is 5.75 Å². The molecule has 0 atom stereocenters. The molecule has 2 rings (SSSR count). The molecule has 21 heavy (non-hydrogen) atoms. The maximum Gasteiger partial charge on any atom is 0.273 e. The monoisotopic (exact) mass is 306 g/mol. The van der Waals surface area contributed by atoms with E-state index in [0.29, 0.717) is 11.1 Å². The molecule has 0 aliphatic carbocycles. The lowest BCUT2D eigenvalue weighted by molar-refractivity contribution is -0.384. The van der Waals surface area contributed by atoms with Gasteiger partial charge in [-0.3, -0.25) is 14.9 Å². The number of nitro benzene ring substituents is 1. The molecule has 0 aliphatic rings. The summed E-state index contributed by atoms with van der Waals surface area (Å²) in [4.78, 5) is 21.5. The first kappa shape index (κ1) is 14.8. The number of nitro groups is 1. The van der Waals surface area contributed by atoms with E-state index in [0.717, 1.165) is 0 Å². The molecule has 0 unspecified atom stereocenters. The van der Waals surface area contributed by atoms with Gasteiger partial charge in [-0.25, -0.2) is 0 Å². The highest BCUT2D eigenvalue weighted by Crippen LogP contribution is 2.29.